The van der Waals surface area contributed by atoms with Crippen LogP contribution in [0.25, 0.3) is 27.7 Å². The molecule has 1 aliphatic carbocycles. The highest BCUT2D eigenvalue weighted by Crippen LogP contribution is 2.46. The number of rotatable bonds is 3. The summed E-state index contributed by atoms with van der Waals surface area (Å²) in [4.78, 5) is 32.3. The van der Waals surface area contributed by atoms with E-state index in [-0.39, 0.29) is 11.5 Å². The third kappa shape index (κ3) is 2.56. The first-order valence-electron chi connectivity index (χ1n) is 10.7. The van der Waals surface area contributed by atoms with Crippen LogP contribution in [0.5, 0.6) is 5.75 Å². The van der Waals surface area contributed by atoms with Gasteiger partial charge in [-0.3, -0.25) is 9.59 Å². The summed E-state index contributed by atoms with van der Waals surface area (Å²) in [6.45, 7) is 1.94. The fourth-order valence-corrected chi connectivity index (χ4v) is 4.72. The molecule has 0 bridgehead atoms. The molecule has 0 aliphatic heterocycles. The number of para-hydroxylation sites is 2. The molecule has 0 unspecified atom stereocenters. The Labute approximate surface area is 183 Å². The van der Waals surface area contributed by atoms with Crippen LogP contribution in [0, 0.1) is 6.92 Å². The molecule has 3 aromatic carbocycles. The van der Waals surface area contributed by atoms with Crippen molar-refractivity contribution in [2.75, 3.05) is 7.11 Å². The Hall–Kier alpha value is -3.93. The van der Waals surface area contributed by atoms with Gasteiger partial charge in [0.15, 0.2) is 0 Å². The minimum Gasteiger partial charge on any atom is -0.496 e. The van der Waals surface area contributed by atoms with Crippen molar-refractivity contribution in [2.45, 2.75) is 25.7 Å². The Morgan fingerprint density at radius 2 is 1.81 bits per heavy atom. The first-order chi connectivity index (χ1) is 15.6. The highest BCUT2D eigenvalue weighted by Gasteiger charge is 2.33. The predicted molar refractivity (Wildman–Crippen MR) is 124 cm³/mol. The summed E-state index contributed by atoms with van der Waals surface area (Å²) in [6.07, 6.45) is 2.07. The molecule has 0 spiro atoms. The second-order valence-corrected chi connectivity index (χ2v) is 8.35. The average Bonchev–Trinajstić information content (AvgIpc) is 3.60. The van der Waals surface area contributed by atoms with Gasteiger partial charge in [-0.2, -0.15) is 0 Å². The number of ether oxygens (including phenoxy) is 1. The zero-order valence-electron chi connectivity index (χ0n) is 17.8. The molecule has 32 heavy (non-hydrogen) atoms. The molecule has 6 rings (SSSR count). The van der Waals surface area contributed by atoms with Crippen LogP contribution in [0.2, 0.25) is 0 Å². The highest BCUT2D eigenvalue weighted by molar-refractivity contribution is 6.06. The quantitative estimate of drug-likeness (QED) is 0.422. The molecule has 6 nitrogen and oxygen atoms in total. The molecule has 6 heteroatoms. The Morgan fingerprint density at radius 1 is 1.03 bits per heavy atom. The van der Waals surface area contributed by atoms with E-state index in [2.05, 4.69) is 0 Å². The fourth-order valence-electron chi connectivity index (χ4n) is 4.72. The van der Waals surface area contributed by atoms with Gasteiger partial charge in [0.2, 0.25) is 5.78 Å². The number of aromatic nitrogens is 3. The van der Waals surface area contributed by atoms with Crippen LogP contribution in [0.1, 0.15) is 40.2 Å². The Kier molecular flexibility index (Phi) is 3.99. The lowest BCUT2D eigenvalue weighted by atomic mass is 10.0. The van der Waals surface area contributed by atoms with Crippen LogP contribution in [0.4, 0.5) is 0 Å². The van der Waals surface area contributed by atoms with Crippen LogP contribution >= 0.6 is 0 Å². The second-order valence-electron chi connectivity index (χ2n) is 8.35. The molecule has 0 saturated heterocycles. The Bertz CT molecular complexity index is 1620. The SMILES string of the molecule is COc1cccc(C(=O)n2c3cccc(C)c3n3c(=O)c4ccccc4nc23)c1C1CC1. The van der Waals surface area contributed by atoms with Gasteiger partial charge in [-0.15, -0.1) is 0 Å². The maximum Gasteiger partial charge on any atom is 0.267 e. The molecule has 5 aromatic rings. The molecule has 2 heterocycles. The van der Waals surface area contributed by atoms with Crippen LogP contribution in [0.15, 0.2) is 65.5 Å². The van der Waals surface area contributed by atoms with Gasteiger partial charge < -0.3 is 4.74 Å². The summed E-state index contributed by atoms with van der Waals surface area (Å²) in [5.74, 6) is 1.17. The van der Waals surface area contributed by atoms with E-state index in [1.807, 2.05) is 55.5 Å². The molecular weight excluding hydrogens is 402 g/mol. The van der Waals surface area contributed by atoms with Gasteiger partial charge >= 0.3 is 0 Å². The van der Waals surface area contributed by atoms with Gasteiger partial charge in [-0.25, -0.2) is 14.0 Å². The maximum atomic E-state index is 14.1. The van der Waals surface area contributed by atoms with Gasteiger partial charge in [-0.05, 0) is 61.6 Å². The average molecular weight is 423 g/mol. The largest absolute Gasteiger partial charge is 0.496 e. The van der Waals surface area contributed by atoms with Gasteiger partial charge in [0, 0.05) is 11.1 Å². The predicted octanol–water partition coefficient (Wildman–Crippen LogP) is 4.69. The van der Waals surface area contributed by atoms with Crippen molar-refractivity contribution in [3.8, 4) is 5.75 Å². The topological polar surface area (TPSA) is 65.6 Å². The minimum absolute atomic E-state index is 0.176. The number of aryl methyl sites for hydroxylation is 1. The number of hydrogen-bond donors (Lipinski definition) is 0. The lowest BCUT2D eigenvalue weighted by Crippen LogP contribution is -2.19. The van der Waals surface area contributed by atoms with Crippen LogP contribution < -0.4 is 10.3 Å². The lowest BCUT2D eigenvalue weighted by Gasteiger charge is -2.13. The second kappa shape index (κ2) is 6.79. The number of nitrogens with zero attached hydrogens (tertiary/aromatic N) is 3. The van der Waals surface area contributed by atoms with Crippen LogP contribution in [0.3, 0.4) is 0 Å². The summed E-state index contributed by atoms with van der Waals surface area (Å²) >= 11 is 0. The molecule has 2 aromatic heterocycles. The maximum absolute atomic E-state index is 14.1. The zero-order valence-corrected chi connectivity index (χ0v) is 17.8. The first-order valence-corrected chi connectivity index (χ1v) is 10.7. The van der Waals surface area contributed by atoms with Gasteiger partial charge in [0.05, 0.1) is 29.0 Å². The highest BCUT2D eigenvalue weighted by atomic mass is 16.5. The molecule has 0 radical (unpaired) electrons. The van der Waals surface area contributed by atoms with E-state index >= 15 is 0 Å². The van der Waals surface area contributed by atoms with Gasteiger partial charge in [0.1, 0.15) is 5.75 Å². The molecule has 1 saturated carbocycles. The molecule has 0 atom stereocenters. The molecule has 0 N–H and O–H groups in total. The van der Waals surface area contributed by atoms with Gasteiger partial charge in [-0.1, -0.05) is 30.3 Å². The van der Waals surface area contributed by atoms with E-state index < -0.39 is 0 Å². The number of fused-ring (bicyclic) bond motifs is 4. The van der Waals surface area contributed by atoms with Crippen LogP contribution in [-0.2, 0) is 0 Å². The number of carbonyl (C=O) groups excluding carboxylic acids is 1. The Morgan fingerprint density at radius 3 is 2.59 bits per heavy atom. The zero-order chi connectivity index (χ0) is 22.0. The summed E-state index contributed by atoms with van der Waals surface area (Å²) < 4.78 is 8.74. The Balaban J connectivity index is 1.75. The van der Waals surface area contributed by atoms with Crippen molar-refractivity contribution in [1.29, 1.82) is 0 Å². The normalized spacial score (nSPS) is 13.8. The van der Waals surface area contributed by atoms with E-state index in [1.54, 1.807) is 28.2 Å². The van der Waals surface area contributed by atoms with E-state index in [4.69, 9.17) is 9.72 Å². The summed E-state index contributed by atoms with van der Waals surface area (Å²) in [5, 5.41) is 0.528. The van der Waals surface area contributed by atoms with E-state index in [9.17, 15) is 9.59 Å². The molecule has 0 amide bonds. The van der Waals surface area contributed by atoms with Crippen molar-refractivity contribution >= 4 is 33.6 Å². The van der Waals surface area contributed by atoms with E-state index in [0.717, 1.165) is 29.7 Å². The number of methoxy groups -OCH3 is 1. The number of hydrogen-bond acceptors (Lipinski definition) is 4. The van der Waals surface area contributed by atoms with Crippen LogP contribution in [-0.4, -0.2) is 27.0 Å². The molecule has 158 valence electrons. The lowest BCUT2D eigenvalue weighted by molar-refractivity contribution is 0.0967. The van der Waals surface area contributed by atoms with E-state index in [0.29, 0.717) is 39.2 Å². The number of carbonyl (C=O) groups is 1. The van der Waals surface area contributed by atoms with Crippen molar-refractivity contribution in [3.05, 3.63) is 87.7 Å². The summed E-state index contributed by atoms with van der Waals surface area (Å²) in [5.41, 5.74) is 4.20. The third-order valence-electron chi connectivity index (χ3n) is 6.34. The first kappa shape index (κ1) is 18.8. The third-order valence-corrected chi connectivity index (χ3v) is 6.34. The minimum atomic E-state index is -0.203. The fraction of sp³-hybridized carbons (Fsp3) is 0.192. The van der Waals surface area contributed by atoms with Crippen molar-refractivity contribution in [2.24, 2.45) is 0 Å². The standard InChI is InChI=1S/C26H21N3O3/c1-15-7-5-11-20-23(15)29-24(30)17-8-3-4-10-19(17)27-26(29)28(20)25(31)18-9-6-12-21(32-2)22(18)16-13-14-16/h3-12,16H,13-14H2,1-2H3. The van der Waals surface area contributed by atoms with Crippen molar-refractivity contribution < 1.29 is 9.53 Å². The van der Waals surface area contributed by atoms with Crippen molar-refractivity contribution in [3.63, 3.8) is 0 Å². The molecular formula is C26H21N3O3. The summed E-state index contributed by atoms with van der Waals surface area (Å²) in [6, 6.07) is 18.5. The monoisotopic (exact) mass is 423 g/mol. The van der Waals surface area contributed by atoms with E-state index in [1.165, 1.54) is 0 Å². The van der Waals surface area contributed by atoms with Gasteiger partial charge in [0.25, 0.3) is 11.5 Å². The summed E-state index contributed by atoms with van der Waals surface area (Å²) in [7, 11) is 1.63. The number of benzene rings is 3. The molecule has 1 fully saturated rings. The smallest absolute Gasteiger partial charge is 0.267 e. The van der Waals surface area contributed by atoms with Crippen molar-refractivity contribution in [1.82, 2.24) is 14.0 Å². The number of imidazole rings is 1. The molecule has 1 aliphatic rings.